The molecule has 2 amide bonds. The van der Waals surface area contributed by atoms with Crippen molar-refractivity contribution in [3.05, 3.63) is 42.4 Å². The van der Waals surface area contributed by atoms with Crippen LogP contribution in [0.1, 0.15) is 39.2 Å². The zero-order valence-corrected chi connectivity index (χ0v) is 15.5. The first-order valence-electron chi connectivity index (χ1n) is 8.90. The Morgan fingerprint density at radius 2 is 2.12 bits per heavy atom. The van der Waals surface area contributed by atoms with Crippen molar-refractivity contribution in [3.8, 4) is 5.82 Å². The maximum absolute atomic E-state index is 12.6. The lowest BCUT2D eigenvalue weighted by Gasteiger charge is -2.30. The highest BCUT2D eigenvalue weighted by molar-refractivity contribution is 5.90. The van der Waals surface area contributed by atoms with Gasteiger partial charge < -0.3 is 10.2 Å². The number of hydrogen-bond acceptors (Lipinski definition) is 4. The van der Waals surface area contributed by atoms with Crippen molar-refractivity contribution in [1.82, 2.24) is 25.0 Å². The molecule has 7 heteroatoms. The van der Waals surface area contributed by atoms with Crippen LogP contribution in [-0.2, 0) is 16.1 Å². The molecule has 2 aromatic heterocycles. The highest BCUT2D eigenvalue weighted by atomic mass is 16.2. The summed E-state index contributed by atoms with van der Waals surface area (Å²) in [5.74, 6) is 0.629. The predicted octanol–water partition coefficient (Wildman–Crippen LogP) is 1.92. The van der Waals surface area contributed by atoms with Crippen molar-refractivity contribution in [2.24, 2.45) is 5.41 Å². The average Bonchev–Trinajstić information content (AvgIpc) is 3.29. The first-order chi connectivity index (χ1) is 12.4. The summed E-state index contributed by atoms with van der Waals surface area (Å²) < 4.78 is 1.67. The van der Waals surface area contributed by atoms with Crippen LogP contribution < -0.4 is 5.32 Å². The second kappa shape index (κ2) is 7.27. The minimum absolute atomic E-state index is 0.0278. The molecule has 0 aliphatic carbocycles. The largest absolute Gasteiger partial charge is 0.350 e. The molecule has 0 radical (unpaired) electrons. The van der Waals surface area contributed by atoms with Crippen LogP contribution in [0.3, 0.4) is 0 Å². The minimum Gasteiger partial charge on any atom is -0.350 e. The van der Waals surface area contributed by atoms with Crippen molar-refractivity contribution in [1.29, 1.82) is 0 Å². The number of aromatic nitrogens is 3. The molecule has 1 aliphatic heterocycles. The van der Waals surface area contributed by atoms with Crippen LogP contribution >= 0.6 is 0 Å². The van der Waals surface area contributed by atoms with E-state index in [1.165, 1.54) is 0 Å². The second-order valence-electron chi connectivity index (χ2n) is 7.60. The zero-order chi connectivity index (χ0) is 18.7. The van der Waals surface area contributed by atoms with Gasteiger partial charge in [-0.3, -0.25) is 9.59 Å². The van der Waals surface area contributed by atoms with Gasteiger partial charge in [0.1, 0.15) is 6.04 Å². The SMILES string of the molecule is CC(C)(C)C(=O)N1CCCC1C(=O)NCc1ccnc(-n2cccn2)c1. The molecule has 1 unspecified atom stereocenters. The van der Waals surface area contributed by atoms with Gasteiger partial charge in [-0.25, -0.2) is 9.67 Å². The van der Waals surface area contributed by atoms with E-state index in [9.17, 15) is 9.59 Å². The number of nitrogens with one attached hydrogen (secondary N) is 1. The quantitative estimate of drug-likeness (QED) is 0.909. The molecule has 3 heterocycles. The molecular weight excluding hydrogens is 330 g/mol. The number of nitrogens with zero attached hydrogens (tertiary/aromatic N) is 4. The molecule has 1 saturated heterocycles. The van der Waals surface area contributed by atoms with Crippen LogP contribution in [0.4, 0.5) is 0 Å². The van der Waals surface area contributed by atoms with Crippen LogP contribution in [0.15, 0.2) is 36.8 Å². The Bertz CT molecular complexity index is 779. The fourth-order valence-electron chi connectivity index (χ4n) is 3.12. The summed E-state index contributed by atoms with van der Waals surface area (Å²) in [7, 11) is 0. The Labute approximate surface area is 153 Å². The van der Waals surface area contributed by atoms with Crippen molar-refractivity contribution in [3.63, 3.8) is 0 Å². The summed E-state index contributed by atoms with van der Waals surface area (Å²) in [4.78, 5) is 31.2. The van der Waals surface area contributed by atoms with E-state index < -0.39 is 5.41 Å². The third-order valence-electron chi connectivity index (χ3n) is 4.47. The van der Waals surface area contributed by atoms with Gasteiger partial charge >= 0.3 is 0 Å². The third kappa shape index (κ3) is 3.92. The molecule has 0 saturated carbocycles. The van der Waals surface area contributed by atoms with Gasteiger partial charge in [0.2, 0.25) is 11.8 Å². The van der Waals surface area contributed by atoms with E-state index >= 15 is 0 Å². The van der Waals surface area contributed by atoms with Crippen LogP contribution in [-0.4, -0.2) is 44.1 Å². The Morgan fingerprint density at radius 3 is 2.81 bits per heavy atom. The summed E-state index contributed by atoms with van der Waals surface area (Å²) in [6.45, 7) is 6.69. The number of amides is 2. The summed E-state index contributed by atoms with van der Waals surface area (Å²) in [6, 6.07) is 5.20. The Morgan fingerprint density at radius 1 is 1.31 bits per heavy atom. The van der Waals surface area contributed by atoms with Gasteiger partial charge in [-0.05, 0) is 36.6 Å². The van der Waals surface area contributed by atoms with Crippen LogP contribution in [0, 0.1) is 5.41 Å². The maximum Gasteiger partial charge on any atom is 0.243 e. The highest BCUT2D eigenvalue weighted by Crippen LogP contribution is 2.25. The van der Waals surface area contributed by atoms with E-state index in [1.54, 1.807) is 22.0 Å². The molecular formula is C19H25N5O2. The topological polar surface area (TPSA) is 80.1 Å². The zero-order valence-electron chi connectivity index (χ0n) is 15.5. The molecule has 26 heavy (non-hydrogen) atoms. The Balaban J connectivity index is 1.64. The standard InChI is InChI=1S/C19H25N5O2/c1-19(2,3)18(26)23-10-4-6-15(23)17(25)21-13-14-7-9-20-16(12-14)24-11-5-8-22-24/h5,7-9,11-12,15H,4,6,10,13H2,1-3H3,(H,21,25). The van der Waals surface area contributed by atoms with Gasteiger partial charge in [-0.1, -0.05) is 20.8 Å². The third-order valence-corrected chi connectivity index (χ3v) is 4.47. The molecule has 1 fully saturated rings. The van der Waals surface area contributed by atoms with E-state index in [-0.39, 0.29) is 17.9 Å². The van der Waals surface area contributed by atoms with Gasteiger partial charge in [-0.15, -0.1) is 0 Å². The predicted molar refractivity (Wildman–Crippen MR) is 97.4 cm³/mol. The molecule has 2 aromatic rings. The fourth-order valence-corrected chi connectivity index (χ4v) is 3.12. The molecule has 0 aromatic carbocycles. The lowest BCUT2D eigenvalue weighted by Crippen LogP contribution is -2.49. The van der Waals surface area contributed by atoms with Crippen molar-refractivity contribution < 1.29 is 9.59 Å². The van der Waals surface area contributed by atoms with E-state index in [2.05, 4.69) is 15.4 Å². The number of carbonyl (C=O) groups is 2. The van der Waals surface area contributed by atoms with Crippen molar-refractivity contribution >= 4 is 11.8 Å². The molecule has 1 aliphatic rings. The first-order valence-corrected chi connectivity index (χ1v) is 8.90. The number of carbonyl (C=O) groups excluding carboxylic acids is 2. The molecule has 3 rings (SSSR count). The van der Waals surface area contributed by atoms with Gasteiger partial charge in [0.25, 0.3) is 0 Å². The van der Waals surface area contributed by atoms with Crippen LogP contribution in [0.2, 0.25) is 0 Å². The van der Waals surface area contributed by atoms with E-state index in [0.29, 0.717) is 25.3 Å². The summed E-state index contributed by atoms with van der Waals surface area (Å²) in [5, 5.41) is 7.12. The van der Waals surface area contributed by atoms with Gasteiger partial charge in [0.05, 0.1) is 0 Å². The number of rotatable bonds is 4. The fraction of sp³-hybridized carbons (Fsp3) is 0.474. The normalized spacial score (nSPS) is 17.3. The van der Waals surface area contributed by atoms with Crippen LogP contribution in [0.5, 0.6) is 0 Å². The summed E-state index contributed by atoms with van der Waals surface area (Å²) in [6.07, 6.45) is 6.78. The lowest BCUT2D eigenvalue weighted by molar-refractivity contribution is -0.144. The molecule has 138 valence electrons. The van der Waals surface area contributed by atoms with E-state index in [4.69, 9.17) is 0 Å². The molecule has 1 N–H and O–H groups in total. The van der Waals surface area contributed by atoms with Crippen molar-refractivity contribution in [2.45, 2.75) is 46.2 Å². The Kier molecular flexibility index (Phi) is 5.06. The maximum atomic E-state index is 12.6. The molecule has 0 bridgehead atoms. The smallest absolute Gasteiger partial charge is 0.243 e. The minimum atomic E-state index is -0.480. The summed E-state index contributed by atoms with van der Waals surface area (Å²) in [5.41, 5.74) is 0.456. The average molecular weight is 355 g/mol. The lowest BCUT2D eigenvalue weighted by atomic mass is 9.94. The first kappa shape index (κ1) is 18.1. The highest BCUT2D eigenvalue weighted by Gasteiger charge is 2.38. The van der Waals surface area contributed by atoms with E-state index in [1.807, 2.05) is 45.2 Å². The molecule has 0 spiro atoms. The van der Waals surface area contributed by atoms with Crippen molar-refractivity contribution in [2.75, 3.05) is 6.54 Å². The van der Waals surface area contributed by atoms with E-state index in [0.717, 1.165) is 12.0 Å². The molecule has 7 nitrogen and oxygen atoms in total. The second-order valence-corrected chi connectivity index (χ2v) is 7.60. The van der Waals surface area contributed by atoms with Gasteiger partial charge in [0.15, 0.2) is 5.82 Å². The molecule has 1 atom stereocenters. The summed E-state index contributed by atoms with van der Waals surface area (Å²) >= 11 is 0. The number of hydrogen-bond donors (Lipinski definition) is 1. The van der Waals surface area contributed by atoms with Gasteiger partial charge in [-0.2, -0.15) is 5.10 Å². The van der Waals surface area contributed by atoms with Gasteiger partial charge in [0, 0.05) is 37.1 Å². The Hall–Kier alpha value is -2.70. The van der Waals surface area contributed by atoms with Crippen LogP contribution in [0.25, 0.3) is 5.82 Å². The number of pyridine rings is 1. The monoisotopic (exact) mass is 355 g/mol. The number of likely N-dealkylation sites (tertiary alicyclic amines) is 1.